The first kappa shape index (κ1) is 21.1. The van der Waals surface area contributed by atoms with Crippen LogP contribution in [0.2, 0.25) is 0 Å². The molecule has 1 unspecified atom stereocenters. The zero-order valence-electron chi connectivity index (χ0n) is 15.9. The number of amides is 1. The van der Waals surface area contributed by atoms with E-state index in [0.29, 0.717) is 6.42 Å². The third-order valence-corrected chi connectivity index (χ3v) is 3.55. The summed E-state index contributed by atoms with van der Waals surface area (Å²) in [6.07, 6.45) is 4.64. The summed E-state index contributed by atoms with van der Waals surface area (Å²) >= 11 is 0. The molecular formula is C21H31NO3. The van der Waals surface area contributed by atoms with Gasteiger partial charge in [0.15, 0.2) is 0 Å². The Labute approximate surface area is 152 Å². The quantitative estimate of drug-likeness (QED) is 0.579. The van der Waals surface area contributed by atoms with Crippen LogP contribution in [0.4, 0.5) is 4.79 Å². The third kappa shape index (κ3) is 9.79. The van der Waals surface area contributed by atoms with Crippen LogP contribution in [0.5, 0.6) is 0 Å². The summed E-state index contributed by atoms with van der Waals surface area (Å²) in [6, 6.07) is 7.83. The molecule has 0 saturated carbocycles. The maximum atomic E-state index is 11.7. The number of unbranched alkanes of at least 4 members (excludes halogenated alkanes) is 2. The van der Waals surface area contributed by atoms with Gasteiger partial charge in [-0.05, 0) is 51.3 Å². The Morgan fingerprint density at radius 1 is 1.24 bits per heavy atom. The Kier molecular flexibility index (Phi) is 9.08. The molecule has 0 aliphatic heterocycles. The summed E-state index contributed by atoms with van der Waals surface area (Å²) in [5, 5.41) is 12.0. The van der Waals surface area contributed by atoms with Crippen LogP contribution in [0.1, 0.15) is 64.5 Å². The van der Waals surface area contributed by atoms with Crippen molar-refractivity contribution in [2.75, 3.05) is 6.61 Å². The van der Waals surface area contributed by atoms with E-state index in [1.165, 1.54) is 24.8 Å². The molecule has 2 N–H and O–H groups in total. The Hall–Kier alpha value is -1.99. The highest BCUT2D eigenvalue weighted by Gasteiger charge is 2.18. The van der Waals surface area contributed by atoms with Crippen molar-refractivity contribution in [3.05, 3.63) is 35.4 Å². The number of benzene rings is 1. The molecule has 25 heavy (non-hydrogen) atoms. The van der Waals surface area contributed by atoms with Crippen LogP contribution in [-0.4, -0.2) is 29.4 Å². The minimum Gasteiger partial charge on any atom is -0.444 e. The fourth-order valence-electron chi connectivity index (χ4n) is 2.25. The summed E-state index contributed by atoms with van der Waals surface area (Å²) in [4.78, 5) is 11.7. The van der Waals surface area contributed by atoms with Gasteiger partial charge in [-0.1, -0.05) is 43.7 Å². The maximum absolute atomic E-state index is 11.7. The van der Waals surface area contributed by atoms with Gasteiger partial charge in [0, 0.05) is 12.0 Å². The van der Waals surface area contributed by atoms with Gasteiger partial charge in [-0.25, -0.2) is 4.79 Å². The summed E-state index contributed by atoms with van der Waals surface area (Å²) in [7, 11) is 0. The molecule has 138 valence electrons. The van der Waals surface area contributed by atoms with Crippen molar-refractivity contribution in [2.24, 2.45) is 0 Å². The monoisotopic (exact) mass is 345 g/mol. The lowest BCUT2D eigenvalue weighted by Gasteiger charge is -2.21. The number of rotatable bonds is 7. The number of aliphatic hydroxyl groups is 1. The summed E-state index contributed by atoms with van der Waals surface area (Å²) in [6.45, 7) is 7.42. The number of aliphatic hydroxyl groups excluding tert-OH is 1. The standard InChI is InChI=1S/C21H31NO3/c1-5-6-7-9-17-12-14-18(15-13-17)10-8-11-19(16-23)22-20(24)25-21(2,3)4/h12-15,19,23H,5-7,9,11,16H2,1-4H3,(H,22,24). The van der Waals surface area contributed by atoms with E-state index in [1.807, 2.05) is 12.1 Å². The molecule has 0 aromatic heterocycles. The highest BCUT2D eigenvalue weighted by molar-refractivity contribution is 5.68. The SMILES string of the molecule is CCCCCc1ccc(C#CCC(CO)NC(=O)OC(C)(C)C)cc1. The van der Waals surface area contributed by atoms with Crippen molar-refractivity contribution in [1.82, 2.24) is 5.32 Å². The van der Waals surface area contributed by atoms with Gasteiger partial charge >= 0.3 is 6.09 Å². The molecule has 0 radical (unpaired) electrons. The topological polar surface area (TPSA) is 58.6 Å². The molecule has 1 aromatic carbocycles. The molecule has 4 heteroatoms. The molecule has 0 aliphatic carbocycles. The van der Waals surface area contributed by atoms with Gasteiger partial charge in [0.1, 0.15) is 5.60 Å². The van der Waals surface area contributed by atoms with Crippen LogP contribution < -0.4 is 5.32 Å². The molecule has 0 heterocycles. The van der Waals surface area contributed by atoms with E-state index in [1.54, 1.807) is 20.8 Å². The zero-order chi connectivity index (χ0) is 18.7. The largest absolute Gasteiger partial charge is 0.444 e. The normalized spacial score (nSPS) is 12.0. The van der Waals surface area contributed by atoms with Crippen molar-refractivity contribution in [3.8, 4) is 11.8 Å². The van der Waals surface area contributed by atoms with E-state index in [0.717, 1.165) is 12.0 Å². The fraction of sp³-hybridized carbons (Fsp3) is 0.571. The second-order valence-corrected chi connectivity index (χ2v) is 7.19. The molecule has 0 aliphatic rings. The molecule has 0 saturated heterocycles. The Bertz CT molecular complexity index is 576. The third-order valence-electron chi connectivity index (χ3n) is 3.55. The van der Waals surface area contributed by atoms with Crippen molar-refractivity contribution in [3.63, 3.8) is 0 Å². The van der Waals surface area contributed by atoms with Crippen molar-refractivity contribution in [2.45, 2.75) is 71.4 Å². The summed E-state index contributed by atoms with van der Waals surface area (Å²) < 4.78 is 5.18. The lowest BCUT2D eigenvalue weighted by molar-refractivity contribution is 0.0484. The first-order valence-electron chi connectivity index (χ1n) is 9.02. The Morgan fingerprint density at radius 3 is 2.48 bits per heavy atom. The van der Waals surface area contributed by atoms with Crippen LogP contribution in [0.25, 0.3) is 0 Å². The summed E-state index contributed by atoms with van der Waals surface area (Å²) in [5.74, 6) is 6.08. The second kappa shape index (κ2) is 10.8. The van der Waals surface area contributed by atoms with Crippen LogP contribution in [-0.2, 0) is 11.2 Å². The van der Waals surface area contributed by atoms with Gasteiger partial charge in [0.05, 0.1) is 12.6 Å². The number of hydrogen-bond acceptors (Lipinski definition) is 3. The number of ether oxygens (including phenoxy) is 1. The molecule has 4 nitrogen and oxygen atoms in total. The highest BCUT2D eigenvalue weighted by Crippen LogP contribution is 2.09. The zero-order valence-corrected chi connectivity index (χ0v) is 15.9. The van der Waals surface area contributed by atoms with Gasteiger partial charge in [-0.2, -0.15) is 0 Å². The first-order chi connectivity index (χ1) is 11.8. The predicted octanol–water partition coefficient (Wildman–Crippen LogP) is 4.05. The van der Waals surface area contributed by atoms with Crippen molar-refractivity contribution >= 4 is 6.09 Å². The Balaban J connectivity index is 2.49. The average Bonchev–Trinajstić information content (AvgIpc) is 2.54. The van der Waals surface area contributed by atoms with Crippen LogP contribution in [0.3, 0.4) is 0 Å². The lowest BCUT2D eigenvalue weighted by Crippen LogP contribution is -2.40. The Morgan fingerprint density at radius 2 is 1.92 bits per heavy atom. The van der Waals surface area contributed by atoms with Gasteiger partial charge in [0.2, 0.25) is 0 Å². The molecule has 1 aromatic rings. The summed E-state index contributed by atoms with van der Waals surface area (Å²) in [5.41, 5.74) is 1.71. The molecule has 1 amide bonds. The van der Waals surface area contributed by atoms with E-state index in [-0.39, 0.29) is 6.61 Å². The maximum Gasteiger partial charge on any atom is 0.407 e. The molecule has 0 fully saturated rings. The van der Waals surface area contributed by atoms with Gasteiger partial charge in [-0.3, -0.25) is 0 Å². The van der Waals surface area contributed by atoms with E-state index >= 15 is 0 Å². The van der Waals surface area contributed by atoms with Crippen LogP contribution >= 0.6 is 0 Å². The molecule has 1 rings (SSSR count). The van der Waals surface area contributed by atoms with E-state index < -0.39 is 17.7 Å². The van der Waals surface area contributed by atoms with Gasteiger partial charge in [-0.15, -0.1) is 0 Å². The van der Waals surface area contributed by atoms with Crippen LogP contribution in [0.15, 0.2) is 24.3 Å². The minimum atomic E-state index is -0.561. The molecule has 0 spiro atoms. The number of aryl methyl sites for hydroxylation is 1. The average molecular weight is 345 g/mol. The fourth-order valence-corrected chi connectivity index (χ4v) is 2.25. The number of hydrogen-bond donors (Lipinski definition) is 2. The number of nitrogens with one attached hydrogen (secondary N) is 1. The highest BCUT2D eigenvalue weighted by atomic mass is 16.6. The van der Waals surface area contributed by atoms with E-state index in [2.05, 4.69) is 36.2 Å². The predicted molar refractivity (Wildman–Crippen MR) is 101 cm³/mol. The number of carbonyl (C=O) groups is 1. The first-order valence-corrected chi connectivity index (χ1v) is 9.02. The molecule has 1 atom stereocenters. The molecule has 0 bridgehead atoms. The van der Waals surface area contributed by atoms with E-state index in [4.69, 9.17) is 4.74 Å². The number of alkyl carbamates (subject to hydrolysis) is 1. The van der Waals surface area contributed by atoms with Crippen LogP contribution in [0, 0.1) is 11.8 Å². The van der Waals surface area contributed by atoms with E-state index in [9.17, 15) is 9.90 Å². The lowest BCUT2D eigenvalue weighted by atomic mass is 10.1. The minimum absolute atomic E-state index is 0.176. The van der Waals surface area contributed by atoms with Crippen molar-refractivity contribution < 1.29 is 14.6 Å². The van der Waals surface area contributed by atoms with Crippen molar-refractivity contribution in [1.29, 1.82) is 0 Å². The van der Waals surface area contributed by atoms with Gasteiger partial charge < -0.3 is 15.2 Å². The molecular weight excluding hydrogens is 314 g/mol. The number of carbonyl (C=O) groups excluding carboxylic acids is 1. The van der Waals surface area contributed by atoms with Gasteiger partial charge in [0.25, 0.3) is 0 Å². The smallest absolute Gasteiger partial charge is 0.407 e. The second-order valence-electron chi connectivity index (χ2n) is 7.19.